The van der Waals surface area contributed by atoms with Gasteiger partial charge in [-0.1, -0.05) is 0 Å². The Hall–Kier alpha value is -1.14. The topological polar surface area (TPSA) is 84.9 Å². The van der Waals surface area contributed by atoms with Gasteiger partial charge in [0.15, 0.2) is 0 Å². The summed E-state index contributed by atoms with van der Waals surface area (Å²) in [5.74, 6) is -0.717. The lowest BCUT2D eigenvalue weighted by atomic mass is 10.2. The third kappa shape index (κ3) is 4.16. The van der Waals surface area contributed by atoms with E-state index in [4.69, 9.17) is 4.74 Å². The molecule has 0 amide bonds. The number of nitrogens with one attached hydrogen (secondary N) is 1. The quantitative estimate of drug-likeness (QED) is 0.495. The van der Waals surface area contributed by atoms with E-state index < -0.39 is 29.9 Å². The van der Waals surface area contributed by atoms with Crippen LogP contribution in [0.3, 0.4) is 0 Å². The number of aliphatic hydroxyl groups is 1. The number of hydrogen-bond acceptors (Lipinski definition) is 6. The second kappa shape index (κ2) is 4.80. The predicted molar refractivity (Wildman–Crippen MR) is 54.7 cm³/mol. The molecule has 6 nitrogen and oxygen atoms in total. The van der Waals surface area contributed by atoms with Gasteiger partial charge in [0.05, 0.1) is 6.10 Å². The maximum Gasteiger partial charge on any atom is 0.516 e. The van der Waals surface area contributed by atoms with E-state index in [9.17, 15) is 14.7 Å². The molecule has 1 saturated heterocycles. The van der Waals surface area contributed by atoms with Crippen molar-refractivity contribution in [2.45, 2.75) is 44.9 Å². The van der Waals surface area contributed by atoms with Crippen molar-refractivity contribution in [1.82, 2.24) is 5.32 Å². The monoisotopic (exact) mass is 231 g/mol. The Kier molecular flexibility index (Phi) is 3.88. The molecule has 16 heavy (non-hydrogen) atoms. The Morgan fingerprint density at radius 2 is 2.00 bits per heavy atom. The SMILES string of the molecule is CC(C)(C)OC(=O)OC(=O)C1CC(O)CN1. The summed E-state index contributed by atoms with van der Waals surface area (Å²) in [7, 11) is 0. The van der Waals surface area contributed by atoms with Gasteiger partial charge in [0.25, 0.3) is 0 Å². The van der Waals surface area contributed by atoms with Crippen molar-refractivity contribution in [2.75, 3.05) is 6.54 Å². The molecule has 0 aromatic carbocycles. The maximum absolute atomic E-state index is 11.4. The van der Waals surface area contributed by atoms with Crippen LogP contribution in [0.5, 0.6) is 0 Å². The van der Waals surface area contributed by atoms with Gasteiger partial charge in [-0.05, 0) is 20.8 Å². The molecular formula is C10H17NO5. The van der Waals surface area contributed by atoms with Crippen LogP contribution in [-0.4, -0.2) is 41.5 Å². The number of β-amino-alcohol motifs (C(OH)–C–C–N with tert-alkyl or cyclic N) is 1. The average molecular weight is 231 g/mol. The maximum atomic E-state index is 11.4. The van der Waals surface area contributed by atoms with Gasteiger partial charge in [-0.3, -0.25) is 0 Å². The largest absolute Gasteiger partial charge is 0.516 e. The van der Waals surface area contributed by atoms with Gasteiger partial charge in [0, 0.05) is 13.0 Å². The first-order valence-electron chi connectivity index (χ1n) is 5.14. The second-order valence-electron chi connectivity index (χ2n) is 4.74. The number of hydrogen-bond donors (Lipinski definition) is 2. The van der Waals surface area contributed by atoms with Crippen molar-refractivity contribution in [3.8, 4) is 0 Å². The van der Waals surface area contributed by atoms with Crippen LogP contribution in [-0.2, 0) is 14.3 Å². The van der Waals surface area contributed by atoms with E-state index in [1.807, 2.05) is 0 Å². The van der Waals surface area contributed by atoms with E-state index in [0.29, 0.717) is 6.54 Å². The molecule has 92 valence electrons. The van der Waals surface area contributed by atoms with Gasteiger partial charge in [-0.2, -0.15) is 0 Å². The van der Waals surface area contributed by atoms with E-state index >= 15 is 0 Å². The predicted octanol–water partition coefficient (Wildman–Crippen LogP) is 0.187. The van der Waals surface area contributed by atoms with Crippen LogP contribution in [0.1, 0.15) is 27.2 Å². The molecule has 1 rings (SSSR count). The molecule has 0 bridgehead atoms. The number of ether oxygens (including phenoxy) is 2. The molecule has 1 heterocycles. The standard InChI is InChI=1S/C10H17NO5/c1-10(2,3)16-9(14)15-8(13)7-4-6(12)5-11-7/h6-7,11-12H,4-5H2,1-3H3. The molecule has 1 fully saturated rings. The lowest BCUT2D eigenvalue weighted by molar-refractivity contribution is -0.143. The van der Waals surface area contributed by atoms with Crippen molar-refractivity contribution in [2.24, 2.45) is 0 Å². The zero-order valence-electron chi connectivity index (χ0n) is 9.65. The highest BCUT2D eigenvalue weighted by Gasteiger charge is 2.31. The highest BCUT2D eigenvalue weighted by molar-refractivity contribution is 5.85. The van der Waals surface area contributed by atoms with Gasteiger partial charge in [-0.25, -0.2) is 9.59 Å². The van der Waals surface area contributed by atoms with Gasteiger partial charge in [0.2, 0.25) is 0 Å². The summed E-state index contributed by atoms with van der Waals surface area (Å²) in [6.45, 7) is 5.36. The van der Waals surface area contributed by atoms with Crippen LogP contribution in [0.25, 0.3) is 0 Å². The summed E-state index contributed by atoms with van der Waals surface area (Å²) in [6, 6.07) is -0.637. The van der Waals surface area contributed by atoms with Crippen molar-refractivity contribution in [3.63, 3.8) is 0 Å². The van der Waals surface area contributed by atoms with Gasteiger partial charge < -0.3 is 19.9 Å². The molecule has 0 radical (unpaired) electrons. The van der Waals surface area contributed by atoms with Crippen LogP contribution in [0.15, 0.2) is 0 Å². The fourth-order valence-corrected chi connectivity index (χ4v) is 1.32. The first-order valence-corrected chi connectivity index (χ1v) is 5.14. The Bertz CT molecular complexity index is 283. The Morgan fingerprint density at radius 1 is 1.38 bits per heavy atom. The van der Waals surface area contributed by atoms with Gasteiger partial charge in [-0.15, -0.1) is 0 Å². The number of carbonyl (C=O) groups is 2. The van der Waals surface area contributed by atoms with Crippen LogP contribution in [0.4, 0.5) is 4.79 Å². The van der Waals surface area contributed by atoms with E-state index in [2.05, 4.69) is 10.1 Å². The molecule has 2 N–H and O–H groups in total. The van der Waals surface area contributed by atoms with Gasteiger partial charge in [0.1, 0.15) is 11.6 Å². The van der Waals surface area contributed by atoms with E-state index in [-0.39, 0.29) is 6.42 Å². The van der Waals surface area contributed by atoms with Crippen molar-refractivity contribution in [3.05, 3.63) is 0 Å². The Labute approximate surface area is 93.9 Å². The minimum atomic E-state index is -1.01. The van der Waals surface area contributed by atoms with Crippen LogP contribution >= 0.6 is 0 Å². The van der Waals surface area contributed by atoms with E-state index in [0.717, 1.165) is 0 Å². The number of carbonyl (C=O) groups excluding carboxylic acids is 2. The number of esters is 1. The normalized spacial score (nSPS) is 25.2. The lowest BCUT2D eigenvalue weighted by Gasteiger charge is -2.18. The summed E-state index contributed by atoms with van der Waals surface area (Å²) in [6.07, 6.45) is -1.33. The van der Waals surface area contributed by atoms with E-state index in [1.54, 1.807) is 20.8 Å². The van der Waals surface area contributed by atoms with Crippen LogP contribution < -0.4 is 5.32 Å². The number of aliphatic hydroxyl groups excluding tert-OH is 1. The zero-order valence-corrected chi connectivity index (χ0v) is 9.65. The smallest absolute Gasteiger partial charge is 0.428 e. The second-order valence-corrected chi connectivity index (χ2v) is 4.74. The highest BCUT2D eigenvalue weighted by atomic mass is 16.7. The molecule has 0 aliphatic carbocycles. The summed E-state index contributed by atoms with van der Waals surface area (Å²) in [4.78, 5) is 22.5. The fourth-order valence-electron chi connectivity index (χ4n) is 1.32. The molecule has 2 atom stereocenters. The Morgan fingerprint density at radius 3 is 2.44 bits per heavy atom. The number of rotatable bonds is 1. The fraction of sp³-hybridized carbons (Fsp3) is 0.800. The minimum absolute atomic E-state index is 0.252. The molecule has 1 aliphatic rings. The lowest BCUT2D eigenvalue weighted by Crippen LogP contribution is -2.35. The molecule has 0 saturated carbocycles. The molecule has 0 aromatic heterocycles. The molecular weight excluding hydrogens is 214 g/mol. The first kappa shape index (κ1) is 12.9. The minimum Gasteiger partial charge on any atom is -0.428 e. The van der Waals surface area contributed by atoms with E-state index in [1.165, 1.54) is 0 Å². The zero-order chi connectivity index (χ0) is 12.3. The van der Waals surface area contributed by atoms with Crippen molar-refractivity contribution in [1.29, 1.82) is 0 Å². The molecule has 0 spiro atoms. The van der Waals surface area contributed by atoms with Crippen LogP contribution in [0.2, 0.25) is 0 Å². The van der Waals surface area contributed by atoms with Crippen LogP contribution in [0, 0.1) is 0 Å². The average Bonchev–Trinajstić information content (AvgIpc) is 2.47. The molecule has 1 aliphatic heterocycles. The van der Waals surface area contributed by atoms with Crippen molar-refractivity contribution < 1.29 is 24.2 Å². The third-order valence-corrected chi connectivity index (χ3v) is 1.97. The Balaban J connectivity index is 2.37. The molecule has 0 aromatic rings. The summed E-state index contributed by atoms with van der Waals surface area (Å²) in [5, 5.41) is 11.9. The van der Waals surface area contributed by atoms with Gasteiger partial charge >= 0.3 is 12.1 Å². The summed E-state index contributed by atoms with van der Waals surface area (Å²) >= 11 is 0. The molecule has 2 unspecified atom stereocenters. The third-order valence-electron chi connectivity index (χ3n) is 1.97. The highest BCUT2D eigenvalue weighted by Crippen LogP contribution is 2.11. The van der Waals surface area contributed by atoms with Crippen molar-refractivity contribution >= 4 is 12.1 Å². The summed E-state index contributed by atoms with van der Waals surface area (Å²) < 4.78 is 9.31. The molecule has 6 heteroatoms. The first-order chi connectivity index (χ1) is 7.28. The summed E-state index contributed by atoms with van der Waals surface area (Å²) in [5.41, 5.74) is -0.694.